The third-order valence-electron chi connectivity index (χ3n) is 7.02. The Kier molecular flexibility index (Phi) is 5.90. The summed E-state index contributed by atoms with van der Waals surface area (Å²) >= 11 is 19.0. The molecule has 1 aliphatic carbocycles. The first-order valence-corrected chi connectivity index (χ1v) is 11.5. The zero-order chi connectivity index (χ0) is 20.8. The maximum absolute atomic E-state index is 13.1. The number of carbonyl (C=O) groups excluding carboxylic acids is 1. The highest BCUT2D eigenvalue weighted by molar-refractivity contribution is 6.35. The zero-order valence-electron chi connectivity index (χ0n) is 16.7. The van der Waals surface area contributed by atoms with E-state index in [0.717, 1.165) is 36.3 Å². The van der Waals surface area contributed by atoms with Crippen LogP contribution in [0, 0.1) is 11.3 Å². The van der Waals surface area contributed by atoms with E-state index in [9.17, 15) is 4.79 Å². The Balaban J connectivity index is 1.86. The molecule has 29 heavy (non-hydrogen) atoms. The summed E-state index contributed by atoms with van der Waals surface area (Å²) < 4.78 is 0. The van der Waals surface area contributed by atoms with Gasteiger partial charge in [-0.05, 0) is 73.4 Å². The summed E-state index contributed by atoms with van der Waals surface area (Å²) in [7, 11) is 0. The molecule has 1 amide bonds. The number of halogens is 3. The van der Waals surface area contributed by atoms with Gasteiger partial charge in [-0.3, -0.25) is 4.79 Å². The van der Waals surface area contributed by atoms with Gasteiger partial charge in [0.25, 0.3) is 0 Å². The van der Waals surface area contributed by atoms with Crippen molar-refractivity contribution in [2.75, 3.05) is 0 Å². The van der Waals surface area contributed by atoms with E-state index in [0.29, 0.717) is 10.0 Å². The van der Waals surface area contributed by atoms with Crippen LogP contribution in [-0.4, -0.2) is 11.9 Å². The SMILES string of the molecule is CCC[C@@]12CC[C@@H](c3ccc(Cl)cc3Cl)[C@H](c3ccc(Cl)cc3)[C@@H]1[C@@H](C)NC2=O. The monoisotopic (exact) mass is 449 g/mol. The molecule has 2 aliphatic rings. The van der Waals surface area contributed by atoms with Gasteiger partial charge < -0.3 is 5.32 Å². The second kappa shape index (κ2) is 8.13. The molecule has 1 heterocycles. The van der Waals surface area contributed by atoms with Crippen LogP contribution in [0.3, 0.4) is 0 Å². The normalized spacial score (nSPS) is 31.4. The molecule has 0 radical (unpaired) electrons. The lowest BCUT2D eigenvalue weighted by Crippen LogP contribution is -2.44. The minimum Gasteiger partial charge on any atom is -0.353 e. The number of carbonyl (C=O) groups is 1. The van der Waals surface area contributed by atoms with Gasteiger partial charge in [-0.1, -0.05) is 66.3 Å². The van der Waals surface area contributed by atoms with Crippen LogP contribution in [0.15, 0.2) is 42.5 Å². The molecular weight excluding hydrogens is 425 g/mol. The minimum absolute atomic E-state index is 0.114. The zero-order valence-corrected chi connectivity index (χ0v) is 19.0. The molecule has 1 saturated carbocycles. The van der Waals surface area contributed by atoms with Gasteiger partial charge in [0.2, 0.25) is 5.91 Å². The molecule has 1 N–H and O–H groups in total. The van der Waals surface area contributed by atoms with Crippen molar-refractivity contribution in [3.05, 3.63) is 68.7 Å². The van der Waals surface area contributed by atoms with Crippen molar-refractivity contribution in [2.45, 2.75) is 57.4 Å². The molecule has 5 atom stereocenters. The fourth-order valence-electron chi connectivity index (χ4n) is 5.98. The molecule has 2 fully saturated rings. The molecule has 0 unspecified atom stereocenters. The quantitative estimate of drug-likeness (QED) is 0.523. The topological polar surface area (TPSA) is 29.1 Å². The van der Waals surface area contributed by atoms with Crippen molar-refractivity contribution in [2.24, 2.45) is 11.3 Å². The summed E-state index contributed by atoms with van der Waals surface area (Å²) in [6.07, 6.45) is 3.72. The Hall–Kier alpha value is -1.22. The molecule has 2 aromatic carbocycles. The fraction of sp³-hybridized carbons (Fsp3) is 0.458. The number of hydrogen-bond donors (Lipinski definition) is 1. The maximum atomic E-state index is 13.1. The number of amides is 1. The van der Waals surface area contributed by atoms with Gasteiger partial charge in [0.05, 0.1) is 5.41 Å². The van der Waals surface area contributed by atoms with E-state index < -0.39 is 0 Å². The van der Waals surface area contributed by atoms with Gasteiger partial charge in [-0.15, -0.1) is 0 Å². The molecule has 0 spiro atoms. The van der Waals surface area contributed by atoms with Gasteiger partial charge in [0.1, 0.15) is 0 Å². The lowest BCUT2D eigenvalue weighted by Gasteiger charge is -2.48. The number of nitrogens with one attached hydrogen (secondary N) is 1. The number of hydrogen-bond acceptors (Lipinski definition) is 1. The van der Waals surface area contributed by atoms with E-state index in [1.165, 1.54) is 5.56 Å². The molecule has 1 aliphatic heterocycles. The molecule has 5 heteroatoms. The third-order valence-corrected chi connectivity index (χ3v) is 7.84. The highest BCUT2D eigenvalue weighted by Gasteiger charge is 2.59. The molecule has 0 aromatic heterocycles. The summed E-state index contributed by atoms with van der Waals surface area (Å²) in [6.45, 7) is 4.32. The van der Waals surface area contributed by atoms with Crippen molar-refractivity contribution in [1.29, 1.82) is 0 Å². The molecule has 1 saturated heterocycles. The van der Waals surface area contributed by atoms with Gasteiger partial charge in [0.15, 0.2) is 0 Å². The number of rotatable bonds is 4. The minimum atomic E-state index is -0.312. The van der Waals surface area contributed by atoms with Gasteiger partial charge in [-0.25, -0.2) is 0 Å². The van der Waals surface area contributed by atoms with E-state index in [4.69, 9.17) is 34.8 Å². The molecule has 4 rings (SSSR count). The van der Waals surface area contributed by atoms with E-state index in [-0.39, 0.29) is 35.1 Å². The molecule has 2 nitrogen and oxygen atoms in total. The van der Waals surface area contributed by atoms with Gasteiger partial charge >= 0.3 is 0 Å². The van der Waals surface area contributed by atoms with Gasteiger partial charge in [-0.2, -0.15) is 0 Å². The van der Waals surface area contributed by atoms with Crippen LogP contribution < -0.4 is 5.32 Å². The van der Waals surface area contributed by atoms with Crippen molar-refractivity contribution in [3.63, 3.8) is 0 Å². The second-order valence-electron chi connectivity index (χ2n) is 8.58. The van der Waals surface area contributed by atoms with E-state index in [1.54, 1.807) is 0 Å². The van der Waals surface area contributed by atoms with Crippen molar-refractivity contribution in [3.8, 4) is 0 Å². The van der Waals surface area contributed by atoms with Crippen LogP contribution in [0.1, 0.15) is 62.5 Å². The summed E-state index contributed by atoms with van der Waals surface area (Å²) in [5, 5.41) is 5.34. The first kappa shape index (κ1) is 21.0. The van der Waals surface area contributed by atoms with Crippen LogP contribution in [0.25, 0.3) is 0 Å². The van der Waals surface area contributed by atoms with Crippen molar-refractivity contribution < 1.29 is 4.79 Å². The first-order valence-electron chi connectivity index (χ1n) is 10.4. The largest absolute Gasteiger partial charge is 0.353 e. The lowest BCUT2D eigenvalue weighted by atomic mass is 9.54. The van der Waals surface area contributed by atoms with Crippen LogP contribution >= 0.6 is 34.8 Å². The summed E-state index contributed by atoms with van der Waals surface area (Å²) in [6, 6.07) is 14.0. The van der Waals surface area contributed by atoms with Crippen LogP contribution in [-0.2, 0) is 4.79 Å². The Bertz CT molecular complexity index is 913. The van der Waals surface area contributed by atoms with Crippen molar-refractivity contribution in [1.82, 2.24) is 5.32 Å². The fourth-order valence-corrected chi connectivity index (χ4v) is 6.65. The summed E-state index contributed by atoms with van der Waals surface area (Å²) in [4.78, 5) is 13.1. The molecule has 0 bridgehead atoms. The number of fused-ring (bicyclic) bond motifs is 1. The van der Waals surface area contributed by atoms with Crippen LogP contribution in [0.5, 0.6) is 0 Å². The smallest absolute Gasteiger partial charge is 0.226 e. The third kappa shape index (κ3) is 3.58. The highest BCUT2D eigenvalue weighted by Crippen LogP contribution is 2.60. The Morgan fingerprint density at radius 1 is 1.07 bits per heavy atom. The molecule has 154 valence electrons. The first-order chi connectivity index (χ1) is 13.9. The van der Waals surface area contributed by atoms with Gasteiger partial charge in [0, 0.05) is 27.0 Å². The van der Waals surface area contributed by atoms with Crippen LogP contribution in [0.4, 0.5) is 0 Å². The molecule has 2 aromatic rings. The Labute approximate surface area is 187 Å². The lowest BCUT2D eigenvalue weighted by molar-refractivity contribution is -0.131. The average Bonchev–Trinajstić information content (AvgIpc) is 2.93. The second-order valence-corrected chi connectivity index (χ2v) is 9.86. The molecular formula is C24H26Cl3NO. The van der Waals surface area contributed by atoms with Crippen LogP contribution in [0.2, 0.25) is 15.1 Å². The van der Waals surface area contributed by atoms with E-state index in [2.05, 4.69) is 37.4 Å². The van der Waals surface area contributed by atoms with Crippen molar-refractivity contribution >= 4 is 40.7 Å². The summed E-state index contributed by atoms with van der Waals surface area (Å²) in [5.74, 6) is 0.837. The highest BCUT2D eigenvalue weighted by atomic mass is 35.5. The Morgan fingerprint density at radius 3 is 2.41 bits per heavy atom. The Morgan fingerprint density at radius 2 is 1.76 bits per heavy atom. The van der Waals surface area contributed by atoms with E-state index >= 15 is 0 Å². The standard InChI is InChI=1S/C24H26Cl3NO/c1-3-11-24-12-10-19(18-9-8-17(26)13-20(18)27)21(15-4-6-16(25)7-5-15)22(24)14(2)28-23(24)29/h4-9,13-14,19,21-22H,3,10-12H2,1-2H3,(H,28,29)/t14-,19+,21+,22+,24-/m1/s1. The predicted molar refractivity (Wildman–Crippen MR) is 121 cm³/mol. The maximum Gasteiger partial charge on any atom is 0.226 e. The average molecular weight is 451 g/mol. The predicted octanol–water partition coefficient (Wildman–Crippen LogP) is 7.23. The van der Waals surface area contributed by atoms with E-state index in [1.807, 2.05) is 24.3 Å². The number of benzene rings is 2. The summed E-state index contributed by atoms with van der Waals surface area (Å²) in [5.41, 5.74) is 2.03.